The molecule has 1 heterocycles. The quantitative estimate of drug-likeness (QED) is 0.272. The lowest BCUT2D eigenvalue weighted by atomic mass is 9.74. The molecule has 15 heteroatoms. The van der Waals surface area contributed by atoms with E-state index in [1.807, 2.05) is 0 Å². The third kappa shape index (κ3) is 8.19. The fraction of sp³-hybridized carbons (Fsp3) is 0.552. The SMILES string of the molecule is CC1=CC[C@@H](F)[C@]1(C)C(CCOc1cc(F)c(S(=O)(=O)N(C(=O)OC(C)(C)C)c2cscn2)cc1Cl)NC(=O)OC(C)(C)C. The number of sulfonamides is 1. The first-order valence-electron chi connectivity index (χ1n) is 13.8. The average Bonchev–Trinajstić information content (AvgIpc) is 3.47. The van der Waals surface area contributed by atoms with Crippen LogP contribution in [0.1, 0.15) is 68.2 Å². The maximum absolute atomic E-state index is 15.4. The molecule has 1 aliphatic rings. The molecule has 44 heavy (non-hydrogen) atoms. The zero-order chi connectivity index (χ0) is 33.3. The van der Waals surface area contributed by atoms with E-state index >= 15 is 8.78 Å². The van der Waals surface area contributed by atoms with Crippen LogP contribution in [0.2, 0.25) is 5.02 Å². The van der Waals surface area contributed by atoms with Gasteiger partial charge in [0.2, 0.25) is 0 Å². The summed E-state index contributed by atoms with van der Waals surface area (Å²) < 4.78 is 74.2. The van der Waals surface area contributed by atoms with Crippen LogP contribution in [-0.4, -0.2) is 55.6 Å². The highest BCUT2D eigenvalue weighted by Gasteiger charge is 2.47. The zero-order valence-corrected chi connectivity index (χ0v) is 28.3. The standard InChI is InChI=1S/C29H38ClF2N3O7S2/c1-17-9-10-22(32)29(17,8)23(34-25(36)41-27(2,3)4)11-12-40-20-14-19(31)21(13-18(20)30)44(38,39)35(24-15-43-16-33-24)26(37)42-28(5,6)7/h9,13-16,22-23H,10-12H2,1-8H3,(H,34,36)/t22-,23?,29-/m1/s1. The van der Waals surface area contributed by atoms with E-state index < -0.39 is 61.8 Å². The maximum Gasteiger partial charge on any atom is 0.430 e. The number of ether oxygens (including phenoxy) is 3. The largest absolute Gasteiger partial charge is 0.492 e. The first kappa shape index (κ1) is 35.5. The summed E-state index contributed by atoms with van der Waals surface area (Å²) in [5.74, 6) is -1.72. The lowest BCUT2D eigenvalue weighted by molar-refractivity contribution is 0.0398. The number of nitrogens with zero attached hydrogens (tertiary/aromatic N) is 2. The van der Waals surface area contributed by atoms with Crippen molar-refractivity contribution in [3.63, 3.8) is 0 Å². The number of hydrogen-bond acceptors (Lipinski definition) is 9. The zero-order valence-electron chi connectivity index (χ0n) is 25.9. The normalized spacial score (nSPS) is 19.6. The van der Waals surface area contributed by atoms with Crippen molar-refractivity contribution in [2.45, 2.75) is 96.5 Å². The Hall–Kier alpha value is -2.97. The Kier molecular flexibility index (Phi) is 10.6. The van der Waals surface area contributed by atoms with Crippen molar-refractivity contribution in [1.82, 2.24) is 10.3 Å². The van der Waals surface area contributed by atoms with Crippen molar-refractivity contribution in [2.75, 3.05) is 10.9 Å². The number of aromatic nitrogens is 1. The minimum atomic E-state index is -4.88. The van der Waals surface area contributed by atoms with Crippen LogP contribution in [0, 0.1) is 11.2 Å². The van der Waals surface area contributed by atoms with Gasteiger partial charge in [0.1, 0.15) is 33.8 Å². The number of allylic oxidation sites excluding steroid dienone is 1. The van der Waals surface area contributed by atoms with Gasteiger partial charge in [0.05, 0.1) is 17.1 Å². The van der Waals surface area contributed by atoms with Gasteiger partial charge in [-0.15, -0.1) is 15.6 Å². The van der Waals surface area contributed by atoms with Crippen molar-refractivity contribution in [1.29, 1.82) is 0 Å². The second-order valence-electron chi connectivity index (χ2n) is 12.5. The van der Waals surface area contributed by atoms with E-state index in [0.717, 1.165) is 29.0 Å². The third-order valence-electron chi connectivity index (χ3n) is 6.90. The molecule has 0 saturated carbocycles. The summed E-state index contributed by atoms with van der Waals surface area (Å²) in [5.41, 5.74) is -0.847. The molecule has 2 aromatic rings. The molecule has 0 bridgehead atoms. The molecule has 0 radical (unpaired) electrons. The van der Waals surface area contributed by atoms with Gasteiger partial charge in [0.15, 0.2) is 5.82 Å². The van der Waals surface area contributed by atoms with E-state index in [4.69, 9.17) is 25.8 Å². The fourth-order valence-corrected chi connectivity index (χ4v) is 6.80. The first-order chi connectivity index (χ1) is 20.2. The summed E-state index contributed by atoms with van der Waals surface area (Å²) in [5, 5.41) is 3.78. The number of halogens is 3. The van der Waals surface area contributed by atoms with E-state index in [-0.39, 0.29) is 40.3 Å². The summed E-state index contributed by atoms with van der Waals surface area (Å²) in [6.07, 6.45) is -1.26. The highest BCUT2D eigenvalue weighted by atomic mass is 35.5. The Morgan fingerprint density at radius 3 is 2.36 bits per heavy atom. The van der Waals surface area contributed by atoms with Crippen LogP contribution in [-0.2, 0) is 19.5 Å². The van der Waals surface area contributed by atoms with Gasteiger partial charge >= 0.3 is 12.2 Å². The molecule has 2 amide bonds. The van der Waals surface area contributed by atoms with Crippen LogP contribution >= 0.6 is 22.9 Å². The second-order valence-corrected chi connectivity index (χ2v) is 15.4. The average molecular weight is 678 g/mol. The lowest BCUT2D eigenvalue weighted by Gasteiger charge is -2.38. The van der Waals surface area contributed by atoms with Crippen LogP contribution in [0.5, 0.6) is 5.75 Å². The molecule has 0 fully saturated rings. The number of alkyl halides is 1. The number of thiazole rings is 1. The summed E-state index contributed by atoms with van der Waals surface area (Å²) >= 11 is 7.36. The second kappa shape index (κ2) is 13.2. The molecule has 0 saturated heterocycles. The molecule has 244 valence electrons. The van der Waals surface area contributed by atoms with Crippen molar-refractivity contribution in [3.05, 3.63) is 45.5 Å². The van der Waals surface area contributed by atoms with Gasteiger partial charge in [0, 0.05) is 29.3 Å². The minimum absolute atomic E-state index is 0.0790. The molecular weight excluding hydrogens is 640 g/mol. The summed E-state index contributed by atoms with van der Waals surface area (Å²) in [7, 11) is -4.88. The predicted octanol–water partition coefficient (Wildman–Crippen LogP) is 7.42. The van der Waals surface area contributed by atoms with Crippen molar-refractivity contribution in [3.8, 4) is 5.75 Å². The number of hydrogen-bond donors (Lipinski definition) is 1. The topological polar surface area (TPSA) is 124 Å². The number of anilines is 1. The smallest absolute Gasteiger partial charge is 0.430 e. The number of nitrogens with one attached hydrogen (secondary N) is 1. The van der Waals surface area contributed by atoms with Gasteiger partial charge < -0.3 is 19.5 Å². The third-order valence-corrected chi connectivity index (χ3v) is 9.46. The van der Waals surface area contributed by atoms with Gasteiger partial charge in [0.25, 0.3) is 10.0 Å². The Labute approximate surface area is 265 Å². The summed E-state index contributed by atoms with van der Waals surface area (Å²) in [4.78, 5) is 28.5. The lowest BCUT2D eigenvalue weighted by Crippen LogP contribution is -2.51. The highest BCUT2D eigenvalue weighted by Crippen LogP contribution is 2.45. The Morgan fingerprint density at radius 2 is 1.84 bits per heavy atom. The molecule has 3 atom stereocenters. The maximum atomic E-state index is 15.4. The molecule has 3 rings (SSSR count). The van der Waals surface area contributed by atoms with Crippen LogP contribution in [0.3, 0.4) is 0 Å². The Bertz CT molecular complexity index is 1510. The molecule has 1 aliphatic carbocycles. The van der Waals surface area contributed by atoms with Crippen LogP contribution < -0.4 is 14.4 Å². The van der Waals surface area contributed by atoms with Gasteiger partial charge in [-0.25, -0.2) is 31.8 Å². The van der Waals surface area contributed by atoms with Crippen molar-refractivity contribution < 1.29 is 41.0 Å². The molecule has 0 spiro atoms. The number of benzene rings is 1. The van der Waals surface area contributed by atoms with Gasteiger partial charge in [-0.05, 0) is 61.0 Å². The molecule has 1 aromatic heterocycles. The van der Waals surface area contributed by atoms with Crippen LogP contribution in [0.15, 0.2) is 39.6 Å². The van der Waals surface area contributed by atoms with Gasteiger partial charge in [-0.2, -0.15) is 0 Å². The first-order valence-corrected chi connectivity index (χ1v) is 16.5. The highest BCUT2D eigenvalue weighted by molar-refractivity contribution is 7.93. The predicted molar refractivity (Wildman–Crippen MR) is 164 cm³/mol. The van der Waals surface area contributed by atoms with Gasteiger partial charge in [-0.1, -0.05) is 30.2 Å². The number of carbonyl (C=O) groups is 2. The molecule has 1 aromatic carbocycles. The monoisotopic (exact) mass is 677 g/mol. The Morgan fingerprint density at radius 1 is 1.20 bits per heavy atom. The minimum Gasteiger partial charge on any atom is -0.492 e. The molecule has 1 N–H and O–H groups in total. The van der Waals surface area contributed by atoms with E-state index in [9.17, 15) is 18.0 Å². The molecule has 1 unspecified atom stereocenters. The van der Waals surface area contributed by atoms with Crippen molar-refractivity contribution >= 4 is 51.0 Å². The van der Waals surface area contributed by atoms with E-state index in [1.54, 1.807) is 61.5 Å². The van der Waals surface area contributed by atoms with E-state index in [2.05, 4.69) is 10.3 Å². The van der Waals surface area contributed by atoms with Crippen molar-refractivity contribution in [2.24, 2.45) is 5.41 Å². The Balaban J connectivity index is 1.86. The van der Waals surface area contributed by atoms with E-state index in [1.165, 1.54) is 10.9 Å². The van der Waals surface area contributed by atoms with Crippen LogP contribution in [0.25, 0.3) is 0 Å². The molecule has 10 nitrogen and oxygen atoms in total. The summed E-state index contributed by atoms with van der Waals surface area (Å²) in [6.45, 7) is 13.1. The van der Waals surface area contributed by atoms with Crippen LogP contribution in [0.4, 0.5) is 24.2 Å². The van der Waals surface area contributed by atoms with E-state index in [0.29, 0.717) is 0 Å². The molecular formula is C29H38ClF2N3O7S2. The van der Waals surface area contributed by atoms with Gasteiger partial charge in [-0.3, -0.25) is 0 Å². The number of rotatable bonds is 9. The molecule has 0 aliphatic heterocycles. The number of amides is 2. The number of alkyl carbamates (subject to hydrolysis) is 1. The number of carbonyl (C=O) groups excluding carboxylic acids is 2. The summed E-state index contributed by atoms with van der Waals surface area (Å²) in [6, 6.07) is 0.833. The fourth-order valence-electron chi connectivity index (χ4n) is 4.59.